The fraction of sp³-hybridized carbons (Fsp3) is 0.250. The van der Waals surface area contributed by atoms with Crippen LogP contribution >= 0.6 is 23.4 Å². The number of hydrogen-bond acceptors (Lipinski definition) is 5. The van der Waals surface area contributed by atoms with Crippen LogP contribution < -0.4 is 10.7 Å². The highest BCUT2D eigenvalue weighted by Crippen LogP contribution is 2.37. The Morgan fingerprint density at radius 3 is 2.71 bits per heavy atom. The second-order valence-corrected chi connectivity index (χ2v) is 8.11. The van der Waals surface area contributed by atoms with Gasteiger partial charge in [0.05, 0.1) is 6.04 Å². The van der Waals surface area contributed by atoms with Crippen molar-refractivity contribution in [3.05, 3.63) is 70.5 Å². The van der Waals surface area contributed by atoms with Crippen molar-refractivity contribution in [2.24, 2.45) is 0 Å². The molecule has 0 saturated heterocycles. The number of thioether (sulfide) groups is 1. The zero-order valence-corrected chi connectivity index (χ0v) is 17.1. The molecule has 0 spiro atoms. The zero-order valence-electron chi connectivity index (χ0n) is 15.5. The van der Waals surface area contributed by atoms with Gasteiger partial charge in [0.2, 0.25) is 11.1 Å². The van der Waals surface area contributed by atoms with E-state index in [9.17, 15) is 4.79 Å². The van der Waals surface area contributed by atoms with E-state index in [0.29, 0.717) is 10.2 Å². The van der Waals surface area contributed by atoms with Gasteiger partial charge in [-0.2, -0.15) is 0 Å². The molecule has 2 N–H and O–H groups in total. The Kier molecular flexibility index (Phi) is 5.28. The van der Waals surface area contributed by atoms with Crippen molar-refractivity contribution in [2.75, 3.05) is 10.7 Å². The van der Waals surface area contributed by atoms with E-state index in [2.05, 4.69) is 27.9 Å². The molecule has 144 valence electrons. The number of nitrogens with one attached hydrogen (secondary N) is 2. The quantitative estimate of drug-likeness (QED) is 0.670. The number of anilines is 1. The van der Waals surface area contributed by atoms with Crippen LogP contribution in [0.3, 0.4) is 0 Å². The van der Waals surface area contributed by atoms with Gasteiger partial charge in [-0.1, -0.05) is 60.6 Å². The number of nitrogens with zero attached hydrogens (tertiary/aromatic N) is 3. The van der Waals surface area contributed by atoms with Gasteiger partial charge in [0.1, 0.15) is 11.1 Å². The molecule has 1 aromatic heterocycles. The fourth-order valence-electron chi connectivity index (χ4n) is 3.24. The summed E-state index contributed by atoms with van der Waals surface area (Å²) in [6, 6.07) is 15.2. The molecule has 2 aromatic carbocycles. The van der Waals surface area contributed by atoms with Gasteiger partial charge in [-0.3, -0.25) is 4.79 Å². The topological polar surface area (TPSA) is 71.8 Å². The number of aromatic nitrogens is 3. The molecule has 2 atom stereocenters. The highest BCUT2D eigenvalue weighted by Gasteiger charge is 2.37. The lowest BCUT2D eigenvalue weighted by Gasteiger charge is -2.33. The summed E-state index contributed by atoms with van der Waals surface area (Å²) in [7, 11) is 0. The molecule has 0 radical (unpaired) electrons. The first-order valence-electron chi connectivity index (χ1n) is 9.06. The number of carbonyl (C=O) groups is 1. The predicted octanol–water partition coefficient (Wildman–Crippen LogP) is 4.20. The second kappa shape index (κ2) is 7.85. The van der Waals surface area contributed by atoms with Crippen molar-refractivity contribution in [2.45, 2.75) is 36.7 Å². The van der Waals surface area contributed by atoms with E-state index in [1.54, 1.807) is 0 Å². The number of halogens is 1. The molecular weight excluding hydrogens is 394 g/mol. The monoisotopic (exact) mass is 413 g/mol. The maximum absolute atomic E-state index is 13.2. The van der Waals surface area contributed by atoms with Crippen molar-refractivity contribution >= 4 is 35.0 Å². The van der Waals surface area contributed by atoms with Crippen LogP contribution in [0.4, 0.5) is 5.69 Å². The van der Waals surface area contributed by atoms with E-state index >= 15 is 0 Å². The molecule has 6 nitrogen and oxygen atoms in total. The Morgan fingerprint density at radius 1 is 1.21 bits per heavy atom. The first-order valence-corrected chi connectivity index (χ1v) is 10.3. The van der Waals surface area contributed by atoms with Gasteiger partial charge < -0.3 is 10.7 Å². The molecule has 28 heavy (non-hydrogen) atoms. The van der Waals surface area contributed by atoms with Gasteiger partial charge in [0.15, 0.2) is 0 Å². The van der Waals surface area contributed by atoms with E-state index in [1.807, 2.05) is 60.1 Å². The van der Waals surface area contributed by atoms with E-state index in [4.69, 9.17) is 11.6 Å². The van der Waals surface area contributed by atoms with Crippen LogP contribution in [0.15, 0.2) is 53.7 Å². The zero-order chi connectivity index (χ0) is 19.7. The maximum atomic E-state index is 13.2. The molecule has 0 fully saturated rings. The third kappa shape index (κ3) is 3.59. The van der Waals surface area contributed by atoms with Crippen molar-refractivity contribution in [3.63, 3.8) is 0 Å². The van der Waals surface area contributed by atoms with Gasteiger partial charge in [0.25, 0.3) is 0 Å². The molecule has 0 unspecified atom stereocenters. The highest BCUT2D eigenvalue weighted by molar-refractivity contribution is 8.00. The van der Waals surface area contributed by atoms with Crippen molar-refractivity contribution in [1.29, 1.82) is 0 Å². The molecule has 1 aliphatic heterocycles. The smallest absolute Gasteiger partial charge is 0.240 e. The van der Waals surface area contributed by atoms with Crippen LogP contribution in [0, 0.1) is 6.92 Å². The number of rotatable bonds is 4. The van der Waals surface area contributed by atoms with Gasteiger partial charge in [-0.05, 0) is 42.7 Å². The van der Waals surface area contributed by atoms with Crippen molar-refractivity contribution < 1.29 is 4.79 Å². The number of fused-ring (bicyclic) bond motifs is 1. The van der Waals surface area contributed by atoms with Crippen LogP contribution in [0.5, 0.6) is 0 Å². The fourth-order valence-corrected chi connectivity index (χ4v) is 4.49. The summed E-state index contributed by atoms with van der Waals surface area (Å²) >= 11 is 7.46. The van der Waals surface area contributed by atoms with Crippen LogP contribution in [0.1, 0.15) is 29.9 Å². The normalized spacial score (nSPS) is 18.2. The molecule has 2 heterocycles. The number of aryl methyl sites for hydroxylation is 2. The summed E-state index contributed by atoms with van der Waals surface area (Å²) in [5.74, 6) is 0.668. The minimum absolute atomic E-state index is 0.0785. The number of carbonyl (C=O) groups excluding carboxylic acids is 1. The molecule has 4 rings (SSSR count). The summed E-state index contributed by atoms with van der Waals surface area (Å²) in [5.41, 5.74) is 6.31. The average molecular weight is 414 g/mol. The van der Waals surface area contributed by atoms with Gasteiger partial charge in [0, 0.05) is 10.7 Å². The Morgan fingerprint density at radius 2 is 1.96 bits per heavy atom. The SMILES string of the molecule is CCc1ccccc1NC(=O)[C@H]1Sc2nnc(C)n2N[C@@H]1c1ccc(Cl)cc1. The van der Waals surface area contributed by atoms with E-state index in [0.717, 1.165) is 29.1 Å². The first-order chi connectivity index (χ1) is 13.6. The van der Waals surface area contributed by atoms with Crippen LogP contribution in [0.2, 0.25) is 5.02 Å². The number of hydrogen-bond donors (Lipinski definition) is 2. The number of benzene rings is 2. The predicted molar refractivity (Wildman–Crippen MR) is 112 cm³/mol. The van der Waals surface area contributed by atoms with Gasteiger partial charge in [-0.15, -0.1) is 10.2 Å². The van der Waals surface area contributed by atoms with Crippen molar-refractivity contribution in [3.8, 4) is 0 Å². The Bertz CT molecular complexity index is 1000. The third-order valence-electron chi connectivity index (χ3n) is 4.74. The van der Waals surface area contributed by atoms with Crippen LogP contribution in [-0.2, 0) is 11.2 Å². The van der Waals surface area contributed by atoms with E-state index in [1.165, 1.54) is 11.8 Å². The molecule has 0 saturated carbocycles. The summed E-state index contributed by atoms with van der Waals surface area (Å²) in [5, 5.41) is 12.3. The Hall–Kier alpha value is -2.51. The third-order valence-corrected chi connectivity index (χ3v) is 6.21. The lowest BCUT2D eigenvalue weighted by atomic mass is 10.0. The molecule has 0 bridgehead atoms. The molecule has 8 heteroatoms. The van der Waals surface area contributed by atoms with Gasteiger partial charge >= 0.3 is 0 Å². The molecular formula is C20H20ClN5OS. The van der Waals surface area contributed by atoms with Crippen LogP contribution in [-0.4, -0.2) is 26.0 Å². The average Bonchev–Trinajstić information content (AvgIpc) is 3.08. The summed E-state index contributed by atoms with van der Waals surface area (Å²) in [6.45, 7) is 3.95. The second-order valence-electron chi connectivity index (χ2n) is 6.56. The Balaban J connectivity index is 1.67. The molecule has 0 aliphatic carbocycles. The van der Waals surface area contributed by atoms with E-state index in [-0.39, 0.29) is 11.9 Å². The molecule has 3 aromatic rings. The largest absolute Gasteiger partial charge is 0.325 e. The maximum Gasteiger partial charge on any atom is 0.240 e. The number of amides is 1. The molecule has 1 amide bonds. The highest BCUT2D eigenvalue weighted by atomic mass is 35.5. The standard InChI is InChI=1S/C20H20ClN5OS/c1-3-13-6-4-5-7-16(13)22-19(27)18-17(14-8-10-15(21)11-9-14)25-26-12(2)23-24-20(26)28-18/h4-11,17-18,25H,3H2,1-2H3,(H,22,27)/t17-,18+/m1/s1. The minimum atomic E-state index is -0.415. The van der Waals surface area contributed by atoms with E-state index < -0.39 is 5.25 Å². The first kappa shape index (κ1) is 18.8. The lowest BCUT2D eigenvalue weighted by molar-refractivity contribution is -0.116. The minimum Gasteiger partial charge on any atom is -0.325 e. The summed E-state index contributed by atoms with van der Waals surface area (Å²) < 4.78 is 1.83. The lowest BCUT2D eigenvalue weighted by Crippen LogP contribution is -2.41. The van der Waals surface area contributed by atoms with Crippen molar-refractivity contribution in [1.82, 2.24) is 14.9 Å². The van der Waals surface area contributed by atoms with Gasteiger partial charge in [-0.25, -0.2) is 4.68 Å². The molecule has 1 aliphatic rings. The summed E-state index contributed by atoms with van der Waals surface area (Å²) in [6.07, 6.45) is 0.848. The summed E-state index contributed by atoms with van der Waals surface area (Å²) in [4.78, 5) is 13.2. The Labute approximate surface area is 172 Å². The van der Waals surface area contributed by atoms with Crippen LogP contribution in [0.25, 0.3) is 0 Å². The number of para-hydroxylation sites is 1.